The Kier molecular flexibility index (Phi) is 6.79. The second kappa shape index (κ2) is 8.83. The number of benzene rings is 1. The molecule has 0 radical (unpaired) electrons. The lowest BCUT2D eigenvalue weighted by Gasteiger charge is -2.33. The van der Waals surface area contributed by atoms with Crippen molar-refractivity contribution < 1.29 is 19.4 Å². The van der Waals surface area contributed by atoms with Crippen molar-refractivity contribution in [2.75, 3.05) is 19.8 Å². The molecule has 0 spiro atoms. The second-order valence-corrected chi connectivity index (χ2v) is 6.67. The normalized spacial score (nSPS) is 16.5. The third kappa shape index (κ3) is 5.34. The summed E-state index contributed by atoms with van der Waals surface area (Å²) in [6.45, 7) is 3.15. The summed E-state index contributed by atoms with van der Waals surface area (Å²) in [6, 6.07) is 8.44. The van der Waals surface area contributed by atoms with Gasteiger partial charge in [-0.1, -0.05) is 29.8 Å². The fourth-order valence-corrected chi connectivity index (χ4v) is 2.95. The van der Waals surface area contributed by atoms with E-state index < -0.39 is 11.4 Å². The third-order valence-corrected chi connectivity index (χ3v) is 4.77. The van der Waals surface area contributed by atoms with Gasteiger partial charge >= 0.3 is 5.97 Å². The van der Waals surface area contributed by atoms with Crippen LogP contribution in [0, 0.1) is 12.3 Å². The minimum absolute atomic E-state index is 0.0639. The standard InChI is InChI=1S/C19H27NO4/c1-15-6-8-16(9-7-15)4-2-3-5-17(21)20-14-19(18(22)23)10-12-24-13-11-19/h6-9H,2-5,10-14H2,1H3,(H,20,21)(H,22,23). The van der Waals surface area contributed by atoms with Crippen LogP contribution in [0.25, 0.3) is 0 Å². The Morgan fingerprint density at radius 1 is 1.17 bits per heavy atom. The van der Waals surface area contributed by atoms with Crippen molar-refractivity contribution in [1.29, 1.82) is 0 Å². The summed E-state index contributed by atoms with van der Waals surface area (Å²) in [5.41, 5.74) is 1.67. The van der Waals surface area contributed by atoms with Crippen LogP contribution in [0.2, 0.25) is 0 Å². The molecule has 1 saturated heterocycles. The Morgan fingerprint density at radius 3 is 2.46 bits per heavy atom. The zero-order valence-electron chi connectivity index (χ0n) is 14.3. The van der Waals surface area contributed by atoms with E-state index in [4.69, 9.17) is 4.74 Å². The van der Waals surface area contributed by atoms with Crippen LogP contribution in [0.5, 0.6) is 0 Å². The molecule has 1 heterocycles. The van der Waals surface area contributed by atoms with Crippen molar-refractivity contribution in [3.63, 3.8) is 0 Å². The van der Waals surface area contributed by atoms with Gasteiger partial charge in [-0.25, -0.2) is 0 Å². The molecule has 1 amide bonds. The van der Waals surface area contributed by atoms with E-state index in [9.17, 15) is 14.7 Å². The van der Waals surface area contributed by atoms with Gasteiger partial charge in [-0.05, 0) is 44.6 Å². The number of hydrogen-bond donors (Lipinski definition) is 2. The lowest BCUT2D eigenvalue weighted by Crippen LogP contribution is -2.46. The molecule has 1 aromatic carbocycles. The van der Waals surface area contributed by atoms with E-state index in [-0.39, 0.29) is 12.5 Å². The zero-order chi connectivity index (χ0) is 17.4. The summed E-state index contributed by atoms with van der Waals surface area (Å²) >= 11 is 0. The fourth-order valence-electron chi connectivity index (χ4n) is 2.95. The summed E-state index contributed by atoms with van der Waals surface area (Å²) in [6.07, 6.45) is 4.07. The van der Waals surface area contributed by atoms with E-state index in [0.29, 0.717) is 32.5 Å². The van der Waals surface area contributed by atoms with Gasteiger partial charge in [0.1, 0.15) is 0 Å². The van der Waals surface area contributed by atoms with E-state index in [1.165, 1.54) is 11.1 Å². The minimum atomic E-state index is -0.865. The maximum absolute atomic E-state index is 12.0. The van der Waals surface area contributed by atoms with Crippen LogP contribution in [0.3, 0.4) is 0 Å². The molecule has 0 aromatic heterocycles. The quantitative estimate of drug-likeness (QED) is 0.717. The summed E-state index contributed by atoms with van der Waals surface area (Å²) < 4.78 is 5.23. The van der Waals surface area contributed by atoms with E-state index in [0.717, 1.165) is 19.3 Å². The molecule has 0 aliphatic carbocycles. The number of aryl methyl sites for hydroxylation is 2. The van der Waals surface area contributed by atoms with Gasteiger partial charge in [-0.15, -0.1) is 0 Å². The molecule has 2 rings (SSSR count). The topological polar surface area (TPSA) is 75.6 Å². The number of ether oxygens (including phenoxy) is 1. The molecule has 132 valence electrons. The van der Waals surface area contributed by atoms with Gasteiger partial charge in [0, 0.05) is 26.2 Å². The first kappa shape index (κ1) is 18.5. The van der Waals surface area contributed by atoms with E-state index >= 15 is 0 Å². The summed E-state index contributed by atoms with van der Waals surface area (Å²) in [5, 5.41) is 12.3. The van der Waals surface area contributed by atoms with Crippen molar-refractivity contribution in [2.24, 2.45) is 5.41 Å². The zero-order valence-corrected chi connectivity index (χ0v) is 14.3. The first-order valence-electron chi connectivity index (χ1n) is 8.65. The highest BCUT2D eigenvalue weighted by molar-refractivity contribution is 5.79. The first-order valence-corrected chi connectivity index (χ1v) is 8.65. The number of carboxylic acids is 1. The van der Waals surface area contributed by atoms with Crippen molar-refractivity contribution in [3.05, 3.63) is 35.4 Å². The van der Waals surface area contributed by atoms with Crippen molar-refractivity contribution in [1.82, 2.24) is 5.32 Å². The molecule has 2 N–H and O–H groups in total. The van der Waals surface area contributed by atoms with Crippen LogP contribution >= 0.6 is 0 Å². The average molecular weight is 333 g/mol. The van der Waals surface area contributed by atoms with Crippen LogP contribution in [0.15, 0.2) is 24.3 Å². The van der Waals surface area contributed by atoms with E-state index in [1.54, 1.807) is 0 Å². The lowest BCUT2D eigenvalue weighted by molar-refractivity contribution is -0.154. The lowest BCUT2D eigenvalue weighted by atomic mass is 9.80. The molecule has 0 saturated carbocycles. The molecule has 1 aliphatic rings. The second-order valence-electron chi connectivity index (χ2n) is 6.67. The number of hydrogen-bond acceptors (Lipinski definition) is 3. The molecular weight excluding hydrogens is 306 g/mol. The molecule has 0 atom stereocenters. The largest absolute Gasteiger partial charge is 0.481 e. The smallest absolute Gasteiger partial charge is 0.311 e. The van der Waals surface area contributed by atoms with Gasteiger partial charge in [-0.3, -0.25) is 9.59 Å². The molecule has 1 fully saturated rings. The highest BCUT2D eigenvalue weighted by Crippen LogP contribution is 2.30. The maximum atomic E-state index is 12.0. The molecule has 24 heavy (non-hydrogen) atoms. The molecule has 0 unspecified atom stereocenters. The molecule has 1 aliphatic heterocycles. The SMILES string of the molecule is Cc1ccc(CCCCC(=O)NCC2(C(=O)O)CCOCC2)cc1. The first-order chi connectivity index (χ1) is 11.5. The Bertz CT molecular complexity index is 547. The van der Waals surface area contributed by atoms with E-state index in [2.05, 4.69) is 36.5 Å². The summed E-state index contributed by atoms with van der Waals surface area (Å²) in [7, 11) is 0. The fraction of sp³-hybridized carbons (Fsp3) is 0.579. The highest BCUT2D eigenvalue weighted by Gasteiger charge is 2.40. The van der Waals surface area contributed by atoms with Crippen molar-refractivity contribution in [3.8, 4) is 0 Å². The molecule has 5 nitrogen and oxygen atoms in total. The molecule has 5 heteroatoms. The maximum Gasteiger partial charge on any atom is 0.311 e. The number of carboxylic acid groups (broad SMARTS) is 1. The number of carbonyl (C=O) groups is 2. The monoisotopic (exact) mass is 333 g/mol. The van der Waals surface area contributed by atoms with Gasteiger partial charge in [0.25, 0.3) is 0 Å². The highest BCUT2D eigenvalue weighted by atomic mass is 16.5. The van der Waals surface area contributed by atoms with E-state index in [1.807, 2.05) is 0 Å². The number of carbonyl (C=O) groups excluding carboxylic acids is 1. The Morgan fingerprint density at radius 2 is 1.83 bits per heavy atom. The summed E-state index contributed by atoms with van der Waals surface area (Å²) in [5.74, 6) is -0.906. The van der Waals surface area contributed by atoms with Crippen LogP contribution in [0.1, 0.15) is 43.2 Å². The Balaban J connectivity index is 1.67. The Labute approximate surface area is 143 Å². The van der Waals surface area contributed by atoms with Gasteiger partial charge in [0.2, 0.25) is 5.91 Å². The predicted octanol–water partition coefficient (Wildman–Crippen LogP) is 2.71. The molecule has 1 aromatic rings. The average Bonchev–Trinajstić information content (AvgIpc) is 2.59. The minimum Gasteiger partial charge on any atom is -0.481 e. The van der Waals surface area contributed by atoms with Gasteiger partial charge in [-0.2, -0.15) is 0 Å². The number of unbranched alkanes of at least 4 members (excludes halogenated alkanes) is 1. The van der Waals surface area contributed by atoms with Crippen LogP contribution in [-0.2, 0) is 20.7 Å². The molecule has 0 bridgehead atoms. The number of aliphatic carboxylic acids is 1. The van der Waals surface area contributed by atoms with Crippen LogP contribution in [-0.4, -0.2) is 36.7 Å². The van der Waals surface area contributed by atoms with Crippen molar-refractivity contribution in [2.45, 2.75) is 45.4 Å². The third-order valence-electron chi connectivity index (χ3n) is 4.77. The number of amides is 1. The van der Waals surface area contributed by atoms with Crippen LogP contribution < -0.4 is 5.32 Å². The Hall–Kier alpha value is -1.88. The van der Waals surface area contributed by atoms with Crippen LogP contribution in [0.4, 0.5) is 0 Å². The number of nitrogens with one attached hydrogen (secondary N) is 1. The predicted molar refractivity (Wildman–Crippen MR) is 91.9 cm³/mol. The van der Waals surface area contributed by atoms with Gasteiger partial charge in [0.05, 0.1) is 5.41 Å². The number of rotatable bonds is 8. The van der Waals surface area contributed by atoms with Crippen molar-refractivity contribution >= 4 is 11.9 Å². The summed E-state index contributed by atoms with van der Waals surface area (Å²) in [4.78, 5) is 23.5. The van der Waals surface area contributed by atoms with Gasteiger partial charge in [0.15, 0.2) is 0 Å². The van der Waals surface area contributed by atoms with Gasteiger partial charge < -0.3 is 15.2 Å². The molecular formula is C19H27NO4.